The van der Waals surface area contributed by atoms with Crippen LogP contribution in [0.2, 0.25) is 0 Å². The number of hydrogen-bond donors (Lipinski definition) is 0. The molecular weight excluding hydrogens is 268 g/mol. The number of carbonyl (C=O) groups excluding carboxylic acids is 1. The molecule has 1 aliphatic rings. The average Bonchev–Trinajstić information content (AvgIpc) is 2.26. The van der Waals surface area contributed by atoms with E-state index < -0.39 is 21.9 Å². The summed E-state index contributed by atoms with van der Waals surface area (Å²) in [5, 5.41) is 0. The van der Waals surface area contributed by atoms with Crippen molar-refractivity contribution in [3.63, 3.8) is 0 Å². The van der Waals surface area contributed by atoms with Gasteiger partial charge in [-0.3, -0.25) is 4.94 Å². The first kappa shape index (κ1) is 16.2. The number of rotatable bonds is 3. The van der Waals surface area contributed by atoms with E-state index in [1.54, 1.807) is 25.1 Å². The van der Waals surface area contributed by atoms with Crippen LogP contribution in [0, 0.1) is 12.8 Å². The van der Waals surface area contributed by atoms with Crippen molar-refractivity contribution < 1.29 is 22.7 Å². The zero-order valence-electron chi connectivity index (χ0n) is 9.67. The normalized spacial score (nSPS) is 16.3. The van der Waals surface area contributed by atoms with E-state index in [4.69, 9.17) is 0 Å². The van der Waals surface area contributed by atoms with E-state index in [1.807, 2.05) is 0 Å². The van der Waals surface area contributed by atoms with Crippen molar-refractivity contribution in [1.82, 2.24) is 4.31 Å². The molecule has 0 unspecified atom stereocenters. The number of benzene rings is 1. The van der Waals surface area contributed by atoms with E-state index in [9.17, 15) is 17.7 Å². The van der Waals surface area contributed by atoms with Crippen LogP contribution in [0.15, 0.2) is 29.2 Å². The van der Waals surface area contributed by atoms with Gasteiger partial charge in [-0.1, -0.05) is 12.1 Å². The number of halogens is 1. The molecule has 0 saturated carbocycles. The molecule has 0 radical (unpaired) electrons. The molecule has 0 spiro atoms. The maximum atomic E-state index is 12.1. The molecule has 1 aromatic carbocycles. The van der Waals surface area contributed by atoms with Crippen molar-refractivity contribution in [3.8, 4) is 0 Å². The van der Waals surface area contributed by atoms with Gasteiger partial charge in [-0.2, -0.15) is 4.31 Å². The fourth-order valence-electron chi connectivity index (χ4n) is 1.77. The van der Waals surface area contributed by atoms with Gasteiger partial charge in [0.05, 0.1) is 10.8 Å². The Bertz CT molecular complexity index is 572. The summed E-state index contributed by atoms with van der Waals surface area (Å²) in [5.41, 5.74) is 0.830. The van der Waals surface area contributed by atoms with Crippen LogP contribution in [0.4, 0.5) is 4.53 Å². The molecule has 1 fully saturated rings. The summed E-state index contributed by atoms with van der Waals surface area (Å²) in [6, 6.07) is 6.48. The standard InChI is InChI=1S/C11H12FNO4S.Li.H/c1-8-3-2-4-10(5-8)18(15,16)13-6-9(7-13)11(14)17-12;;/h2-5,9H,6-7H2,1H3;;. The zero-order valence-corrected chi connectivity index (χ0v) is 10.5. The van der Waals surface area contributed by atoms with Crippen LogP contribution < -0.4 is 0 Å². The topological polar surface area (TPSA) is 63.7 Å². The summed E-state index contributed by atoms with van der Waals surface area (Å²) in [5.74, 6) is -1.74. The van der Waals surface area contributed by atoms with E-state index in [0.29, 0.717) is 0 Å². The summed E-state index contributed by atoms with van der Waals surface area (Å²) >= 11 is 0. The third kappa shape index (κ3) is 3.18. The van der Waals surface area contributed by atoms with Crippen molar-refractivity contribution in [1.29, 1.82) is 0 Å². The molecule has 0 aromatic heterocycles. The maximum absolute atomic E-state index is 12.1. The first-order valence-corrected chi connectivity index (χ1v) is 6.78. The van der Waals surface area contributed by atoms with Crippen LogP contribution in [0.25, 0.3) is 0 Å². The molecule has 1 saturated heterocycles. The van der Waals surface area contributed by atoms with E-state index >= 15 is 0 Å². The fourth-order valence-corrected chi connectivity index (χ4v) is 3.41. The number of sulfonamides is 1. The Balaban J connectivity index is 0.00000180. The number of nitrogens with zero attached hydrogens (tertiary/aromatic N) is 1. The molecule has 1 aliphatic heterocycles. The van der Waals surface area contributed by atoms with Crippen LogP contribution in [-0.4, -0.2) is 50.6 Å². The Kier molecular flexibility index (Phi) is 5.16. The summed E-state index contributed by atoms with van der Waals surface area (Å²) in [6.45, 7) is 1.70. The summed E-state index contributed by atoms with van der Waals surface area (Å²) in [4.78, 5) is 14.1. The Labute approximate surface area is 122 Å². The summed E-state index contributed by atoms with van der Waals surface area (Å²) < 4.78 is 37.0. The molecule has 0 aliphatic carbocycles. The van der Waals surface area contributed by atoms with Gasteiger partial charge in [0.2, 0.25) is 10.0 Å². The molecule has 8 heteroatoms. The third-order valence-electron chi connectivity index (χ3n) is 2.88. The Morgan fingerprint density at radius 1 is 1.42 bits per heavy atom. The monoisotopic (exact) mass is 281 g/mol. The SMILES string of the molecule is Cc1cccc(S(=O)(=O)N2CC(C(=O)OF)C2)c1.[LiH]. The van der Waals surface area contributed by atoms with Gasteiger partial charge in [0.25, 0.3) is 0 Å². The van der Waals surface area contributed by atoms with Crippen molar-refractivity contribution in [3.05, 3.63) is 29.8 Å². The van der Waals surface area contributed by atoms with Crippen LogP contribution in [0.1, 0.15) is 5.56 Å². The van der Waals surface area contributed by atoms with Gasteiger partial charge in [-0.05, 0) is 24.6 Å². The molecule has 1 aromatic rings. The molecule has 2 rings (SSSR count). The van der Waals surface area contributed by atoms with Gasteiger partial charge >= 0.3 is 24.8 Å². The van der Waals surface area contributed by atoms with E-state index in [-0.39, 0.29) is 36.8 Å². The quantitative estimate of drug-likeness (QED) is 0.752. The van der Waals surface area contributed by atoms with Gasteiger partial charge < -0.3 is 0 Å². The Morgan fingerprint density at radius 3 is 2.58 bits per heavy atom. The molecule has 0 amide bonds. The molecule has 19 heavy (non-hydrogen) atoms. The number of carbonyl (C=O) groups is 1. The average molecular weight is 281 g/mol. The van der Waals surface area contributed by atoms with Gasteiger partial charge in [0.1, 0.15) is 0 Å². The first-order valence-electron chi connectivity index (χ1n) is 5.34. The van der Waals surface area contributed by atoms with Crippen LogP contribution in [-0.2, 0) is 19.8 Å². The van der Waals surface area contributed by atoms with Crippen LogP contribution in [0.5, 0.6) is 0 Å². The van der Waals surface area contributed by atoms with Gasteiger partial charge in [0, 0.05) is 17.6 Å². The summed E-state index contributed by atoms with van der Waals surface area (Å²) in [6.07, 6.45) is 0. The second-order valence-electron chi connectivity index (χ2n) is 4.23. The third-order valence-corrected chi connectivity index (χ3v) is 4.71. The Morgan fingerprint density at radius 2 is 2.05 bits per heavy atom. The minimum absolute atomic E-state index is 0. The van der Waals surface area contributed by atoms with Gasteiger partial charge in [-0.25, -0.2) is 13.2 Å². The van der Waals surface area contributed by atoms with Crippen LogP contribution >= 0.6 is 0 Å². The molecule has 0 atom stereocenters. The van der Waals surface area contributed by atoms with Crippen LogP contribution in [0.3, 0.4) is 0 Å². The predicted octanol–water partition coefficient (Wildman–Crippen LogP) is 0.395. The second kappa shape index (κ2) is 6.05. The fraction of sp³-hybridized carbons (Fsp3) is 0.364. The second-order valence-corrected chi connectivity index (χ2v) is 6.17. The summed E-state index contributed by atoms with van der Waals surface area (Å²) in [7, 11) is -3.60. The van der Waals surface area contributed by atoms with Crippen molar-refractivity contribution in [2.75, 3.05) is 13.1 Å². The van der Waals surface area contributed by atoms with Crippen molar-refractivity contribution >= 4 is 34.9 Å². The Hall–Kier alpha value is -0.873. The first-order chi connectivity index (χ1) is 8.45. The molecule has 0 bridgehead atoms. The number of aryl methyl sites for hydroxylation is 1. The zero-order chi connectivity index (χ0) is 13.3. The molecular formula is C11H13FLiNO4S. The molecule has 5 nitrogen and oxygen atoms in total. The van der Waals surface area contributed by atoms with Gasteiger partial charge in [0.15, 0.2) is 0 Å². The predicted molar refractivity (Wildman–Crippen MR) is 67.8 cm³/mol. The molecule has 1 heterocycles. The molecule has 0 N–H and O–H groups in total. The molecule has 100 valence electrons. The van der Waals surface area contributed by atoms with Gasteiger partial charge in [-0.15, -0.1) is 0 Å². The van der Waals surface area contributed by atoms with Crippen molar-refractivity contribution in [2.45, 2.75) is 11.8 Å². The number of hydrogen-bond acceptors (Lipinski definition) is 4. The van der Waals surface area contributed by atoms with Crippen molar-refractivity contribution in [2.24, 2.45) is 5.92 Å². The van der Waals surface area contributed by atoms with E-state index in [0.717, 1.165) is 9.87 Å². The van der Waals surface area contributed by atoms with E-state index in [1.165, 1.54) is 6.07 Å². The minimum atomic E-state index is -3.60. The van der Waals surface area contributed by atoms with E-state index in [2.05, 4.69) is 4.94 Å².